The minimum Gasteiger partial charge on any atom is -0.485 e. The Kier molecular flexibility index (Phi) is 4.85. The monoisotopic (exact) mass is 378 g/mol. The number of ether oxygens (including phenoxy) is 2. The number of aromatic nitrogens is 2. The number of esters is 1. The molecule has 140 valence electrons. The predicted octanol–water partition coefficient (Wildman–Crippen LogP) is 3.31. The molecule has 0 amide bonds. The molecule has 6 nitrogen and oxygen atoms in total. The molecule has 1 aromatic heterocycles. The Morgan fingerprint density at radius 3 is 2.63 bits per heavy atom. The van der Waals surface area contributed by atoms with Crippen LogP contribution in [0.1, 0.15) is 21.7 Å². The lowest BCUT2D eigenvalue weighted by molar-refractivity contribution is -0.139. The summed E-state index contributed by atoms with van der Waals surface area (Å²) in [5.74, 6) is -0.960. The summed E-state index contributed by atoms with van der Waals surface area (Å²) in [4.78, 5) is 30.3. The summed E-state index contributed by atoms with van der Waals surface area (Å²) >= 11 is 0. The Morgan fingerprint density at radius 1 is 1.19 bits per heavy atom. The molecule has 0 bridgehead atoms. The largest absolute Gasteiger partial charge is 0.485 e. The summed E-state index contributed by atoms with van der Waals surface area (Å²) in [6.07, 6.45) is -4.57. The van der Waals surface area contributed by atoms with E-state index < -0.39 is 23.3 Å². The zero-order valence-corrected chi connectivity index (χ0v) is 14.0. The minimum absolute atomic E-state index is 0.0199. The Labute approximate surface area is 150 Å². The summed E-state index contributed by atoms with van der Waals surface area (Å²) in [6.45, 7) is -0.388. The standard InChI is InChI=1S/C18H13F3N2O4/c1-26-17(25)10-6-7-11-13(8-10)22-15(23-16(11)24)9-27-14-5-3-2-4-12(14)18(19,20)21/h2-8H,9H2,1H3,(H,22,23,24). The molecule has 0 saturated carbocycles. The molecule has 9 heteroatoms. The SMILES string of the molecule is COC(=O)c1ccc2c(=O)[nH]c(COc3ccccc3C(F)(F)F)nc2c1. The number of carbonyl (C=O) groups excluding carboxylic acids is 1. The fourth-order valence-electron chi connectivity index (χ4n) is 2.47. The van der Waals surface area contributed by atoms with Crippen molar-refractivity contribution >= 4 is 16.9 Å². The van der Waals surface area contributed by atoms with Gasteiger partial charge in [0.05, 0.1) is 29.1 Å². The molecular weight excluding hydrogens is 365 g/mol. The third-order valence-corrected chi connectivity index (χ3v) is 3.73. The van der Waals surface area contributed by atoms with Crippen molar-refractivity contribution in [1.82, 2.24) is 9.97 Å². The summed E-state index contributed by atoms with van der Waals surface area (Å²) in [6, 6.07) is 8.93. The van der Waals surface area contributed by atoms with Crippen molar-refractivity contribution in [3.63, 3.8) is 0 Å². The fourth-order valence-corrected chi connectivity index (χ4v) is 2.47. The second-order valence-electron chi connectivity index (χ2n) is 5.52. The Morgan fingerprint density at radius 2 is 1.93 bits per heavy atom. The van der Waals surface area contributed by atoms with E-state index in [2.05, 4.69) is 14.7 Å². The van der Waals surface area contributed by atoms with E-state index in [1.807, 2.05) is 0 Å². The van der Waals surface area contributed by atoms with E-state index in [4.69, 9.17) is 4.74 Å². The van der Waals surface area contributed by atoms with Crippen molar-refractivity contribution in [2.75, 3.05) is 7.11 Å². The lowest BCUT2D eigenvalue weighted by Gasteiger charge is -2.13. The number of rotatable bonds is 4. The highest BCUT2D eigenvalue weighted by molar-refractivity contribution is 5.93. The Balaban J connectivity index is 1.92. The molecule has 0 unspecified atom stereocenters. The average molecular weight is 378 g/mol. The quantitative estimate of drug-likeness (QED) is 0.705. The molecule has 27 heavy (non-hydrogen) atoms. The van der Waals surface area contributed by atoms with Crippen LogP contribution in [0.2, 0.25) is 0 Å². The number of fused-ring (bicyclic) bond motifs is 1. The van der Waals surface area contributed by atoms with E-state index in [9.17, 15) is 22.8 Å². The average Bonchev–Trinajstić information content (AvgIpc) is 2.64. The van der Waals surface area contributed by atoms with Gasteiger partial charge in [-0.2, -0.15) is 13.2 Å². The van der Waals surface area contributed by atoms with Crippen molar-refractivity contribution < 1.29 is 27.4 Å². The number of hydrogen-bond donors (Lipinski definition) is 1. The molecule has 0 aliphatic rings. The van der Waals surface area contributed by atoms with Crippen LogP contribution >= 0.6 is 0 Å². The first-order chi connectivity index (χ1) is 12.8. The number of alkyl halides is 3. The molecule has 0 atom stereocenters. The van der Waals surface area contributed by atoms with Gasteiger partial charge in [-0.1, -0.05) is 12.1 Å². The second-order valence-corrected chi connectivity index (χ2v) is 5.52. The third-order valence-electron chi connectivity index (χ3n) is 3.73. The first kappa shape index (κ1) is 18.4. The normalized spacial score (nSPS) is 11.4. The van der Waals surface area contributed by atoms with Crippen LogP contribution in [0.5, 0.6) is 5.75 Å². The highest BCUT2D eigenvalue weighted by atomic mass is 19.4. The van der Waals surface area contributed by atoms with Gasteiger partial charge >= 0.3 is 12.1 Å². The van der Waals surface area contributed by atoms with Gasteiger partial charge in [0.2, 0.25) is 0 Å². The van der Waals surface area contributed by atoms with Gasteiger partial charge in [0.25, 0.3) is 5.56 Å². The van der Waals surface area contributed by atoms with E-state index in [-0.39, 0.29) is 34.6 Å². The van der Waals surface area contributed by atoms with E-state index in [0.717, 1.165) is 6.07 Å². The molecule has 1 N–H and O–H groups in total. The molecule has 0 aliphatic heterocycles. The number of carbonyl (C=O) groups is 1. The van der Waals surface area contributed by atoms with E-state index in [0.29, 0.717) is 0 Å². The van der Waals surface area contributed by atoms with Crippen LogP contribution in [0, 0.1) is 0 Å². The van der Waals surface area contributed by atoms with E-state index >= 15 is 0 Å². The summed E-state index contributed by atoms with van der Waals surface area (Å²) in [5, 5.41) is 0.224. The summed E-state index contributed by atoms with van der Waals surface area (Å²) in [7, 11) is 1.22. The number of nitrogens with zero attached hydrogens (tertiary/aromatic N) is 1. The number of methoxy groups -OCH3 is 1. The van der Waals surface area contributed by atoms with Gasteiger partial charge in [0.1, 0.15) is 18.2 Å². The van der Waals surface area contributed by atoms with Crippen LogP contribution in [-0.2, 0) is 17.5 Å². The van der Waals surface area contributed by atoms with Gasteiger partial charge in [-0.05, 0) is 30.3 Å². The van der Waals surface area contributed by atoms with Gasteiger partial charge < -0.3 is 14.5 Å². The first-order valence-electron chi connectivity index (χ1n) is 7.70. The number of aromatic amines is 1. The van der Waals surface area contributed by atoms with Crippen LogP contribution in [-0.4, -0.2) is 23.0 Å². The number of halogens is 3. The minimum atomic E-state index is -4.57. The number of nitrogens with one attached hydrogen (secondary N) is 1. The van der Waals surface area contributed by atoms with E-state index in [1.165, 1.54) is 43.5 Å². The van der Waals surface area contributed by atoms with Crippen LogP contribution in [0.3, 0.4) is 0 Å². The molecular formula is C18H13F3N2O4. The van der Waals surface area contributed by atoms with Gasteiger partial charge in [-0.25, -0.2) is 9.78 Å². The molecule has 0 fully saturated rings. The number of para-hydroxylation sites is 1. The topological polar surface area (TPSA) is 81.3 Å². The number of benzene rings is 2. The maximum Gasteiger partial charge on any atom is 0.419 e. The lowest BCUT2D eigenvalue weighted by atomic mass is 10.1. The molecule has 3 rings (SSSR count). The molecule has 1 heterocycles. The molecule has 0 spiro atoms. The van der Waals surface area contributed by atoms with Crippen molar-refractivity contribution in [3.05, 3.63) is 69.8 Å². The van der Waals surface area contributed by atoms with Crippen LogP contribution < -0.4 is 10.3 Å². The third kappa shape index (κ3) is 3.91. The molecule has 0 saturated heterocycles. The smallest absolute Gasteiger partial charge is 0.419 e. The molecule has 3 aromatic rings. The lowest BCUT2D eigenvalue weighted by Crippen LogP contribution is -2.15. The maximum absolute atomic E-state index is 13.0. The maximum atomic E-state index is 13.0. The van der Waals surface area contributed by atoms with Crippen LogP contribution in [0.25, 0.3) is 10.9 Å². The molecule has 2 aromatic carbocycles. The summed E-state index contributed by atoms with van der Waals surface area (Å²) < 4.78 is 48.8. The fraction of sp³-hybridized carbons (Fsp3) is 0.167. The van der Waals surface area contributed by atoms with E-state index in [1.54, 1.807) is 0 Å². The predicted molar refractivity (Wildman–Crippen MR) is 89.5 cm³/mol. The van der Waals surface area contributed by atoms with Gasteiger partial charge in [0.15, 0.2) is 0 Å². The second kappa shape index (κ2) is 7.10. The van der Waals surface area contributed by atoms with Gasteiger partial charge in [-0.3, -0.25) is 4.79 Å². The van der Waals surface area contributed by atoms with Crippen molar-refractivity contribution in [3.8, 4) is 5.75 Å². The number of H-pyrrole nitrogens is 1. The first-order valence-corrected chi connectivity index (χ1v) is 7.70. The van der Waals surface area contributed by atoms with Crippen molar-refractivity contribution in [2.24, 2.45) is 0 Å². The van der Waals surface area contributed by atoms with Gasteiger partial charge in [0, 0.05) is 0 Å². The van der Waals surface area contributed by atoms with Crippen LogP contribution in [0.4, 0.5) is 13.2 Å². The Hall–Kier alpha value is -3.36. The summed E-state index contributed by atoms with van der Waals surface area (Å²) in [5.41, 5.74) is -1.04. The van der Waals surface area contributed by atoms with Gasteiger partial charge in [-0.15, -0.1) is 0 Å². The zero-order chi connectivity index (χ0) is 19.6. The van der Waals surface area contributed by atoms with Crippen molar-refractivity contribution in [2.45, 2.75) is 12.8 Å². The van der Waals surface area contributed by atoms with Crippen molar-refractivity contribution in [1.29, 1.82) is 0 Å². The molecule has 0 radical (unpaired) electrons. The number of hydrogen-bond acceptors (Lipinski definition) is 5. The van der Waals surface area contributed by atoms with Crippen LogP contribution in [0.15, 0.2) is 47.3 Å². The highest BCUT2D eigenvalue weighted by Crippen LogP contribution is 2.36. The molecule has 0 aliphatic carbocycles. The zero-order valence-electron chi connectivity index (χ0n) is 14.0. The Bertz CT molecular complexity index is 1060. The highest BCUT2D eigenvalue weighted by Gasteiger charge is 2.34.